The van der Waals surface area contributed by atoms with Crippen molar-refractivity contribution in [3.05, 3.63) is 29.2 Å². The van der Waals surface area contributed by atoms with Crippen molar-refractivity contribution in [1.29, 1.82) is 0 Å². The summed E-state index contributed by atoms with van der Waals surface area (Å²) in [6.07, 6.45) is 0.847. The molecule has 0 saturated carbocycles. The maximum atomic E-state index is 5.32. The van der Waals surface area contributed by atoms with Crippen molar-refractivity contribution in [2.75, 3.05) is 7.05 Å². The van der Waals surface area contributed by atoms with Gasteiger partial charge in [-0.1, -0.05) is 25.9 Å². The molecule has 0 aliphatic heterocycles. The summed E-state index contributed by atoms with van der Waals surface area (Å²) in [5, 5.41) is 11.1. The number of H-pyrrole nitrogens is 1. The fourth-order valence-corrected chi connectivity index (χ4v) is 1.82. The molecule has 2 aromatic heterocycles. The highest BCUT2D eigenvalue weighted by atomic mass is 16.5. The second kappa shape index (κ2) is 5.97. The van der Waals surface area contributed by atoms with Crippen LogP contribution < -0.4 is 0 Å². The molecule has 2 aromatic rings. The summed E-state index contributed by atoms with van der Waals surface area (Å²) in [7, 11) is 2.02. The molecular weight excluding hydrogens is 242 g/mol. The van der Waals surface area contributed by atoms with E-state index in [1.54, 1.807) is 0 Å². The first kappa shape index (κ1) is 13.7. The van der Waals surface area contributed by atoms with Gasteiger partial charge in [0.05, 0.1) is 18.8 Å². The molecule has 6 nitrogen and oxygen atoms in total. The zero-order chi connectivity index (χ0) is 13.8. The summed E-state index contributed by atoms with van der Waals surface area (Å²) in [6.45, 7) is 7.67. The molecule has 0 saturated heterocycles. The van der Waals surface area contributed by atoms with Crippen molar-refractivity contribution >= 4 is 0 Å². The highest BCUT2D eigenvalue weighted by Gasteiger charge is 2.11. The Bertz CT molecular complexity index is 517. The third kappa shape index (κ3) is 3.64. The van der Waals surface area contributed by atoms with Gasteiger partial charge in [-0.05, 0) is 13.0 Å². The van der Waals surface area contributed by atoms with E-state index in [2.05, 4.69) is 39.1 Å². The van der Waals surface area contributed by atoms with Crippen molar-refractivity contribution in [1.82, 2.24) is 25.2 Å². The van der Waals surface area contributed by atoms with Gasteiger partial charge in [-0.2, -0.15) is 5.10 Å². The Morgan fingerprint density at radius 1 is 1.37 bits per heavy atom. The first-order valence-electron chi connectivity index (χ1n) is 6.62. The highest BCUT2D eigenvalue weighted by Crippen LogP contribution is 2.15. The molecule has 0 spiro atoms. The molecule has 2 heterocycles. The minimum Gasteiger partial charge on any atom is -0.360 e. The Kier molecular flexibility index (Phi) is 4.31. The topological polar surface area (TPSA) is 70.8 Å². The van der Waals surface area contributed by atoms with Crippen molar-refractivity contribution in [3.63, 3.8) is 0 Å². The van der Waals surface area contributed by atoms with Crippen LogP contribution in [0.15, 0.2) is 10.6 Å². The van der Waals surface area contributed by atoms with E-state index < -0.39 is 0 Å². The molecule has 6 heteroatoms. The van der Waals surface area contributed by atoms with Crippen LogP contribution in [0.3, 0.4) is 0 Å². The van der Waals surface area contributed by atoms with Gasteiger partial charge in [0.2, 0.25) is 0 Å². The number of hydrogen-bond donors (Lipinski definition) is 1. The predicted molar refractivity (Wildman–Crippen MR) is 71.5 cm³/mol. The average molecular weight is 263 g/mol. The van der Waals surface area contributed by atoms with Crippen molar-refractivity contribution in [2.45, 2.75) is 46.2 Å². The van der Waals surface area contributed by atoms with Crippen LogP contribution in [0.25, 0.3) is 0 Å². The number of nitrogens with one attached hydrogen (secondary N) is 1. The van der Waals surface area contributed by atoms with Gasteiger partial charge in [0.15, 0.2) is 5.76 Å². The lowest BCUT2D eigenvalue weighted by atomic mass is 10.1. The molecule has 2 rings (SSSR count). The Balaban J connectivity index is 1.91. The van der Waals surface area contributed by atoms with Crippen LogP contribution in [-0.2, 0) is 19.5 Å². The molecule has 0 unspecified atom stereocenters. The molecule has 0 radical (unpaired) electrons. The fourth-order valence-electron chi connectivity index (χ4n) is 1.82. The SMILES string of the molecule is CCc1n[nH]c(CN(C)Cc2cc(C(C)C)no2)n1. The maximum absolute atomic E-state index is 5.32. The van der Waals surface area contributed by atoms with Gasteiger partial charge in [0.1, 0.15) is 11.6 Å². The van der Waals surface area contributed by atoms with E-state index in [1.165, 1.54) is 0 Å². The number of aryl methyl sites for hydroxylation is 1. The van der Waals surface area contributed by atoms with Crippen molar-refractivity contribution < 1.29 is 4.52 Å². The molecule has 19 heavy (non-hydrogen) atoms. The van der Waals surface area contributed by atoms with Crippen LogP contribution in [0.1, 0.15) is 49.8 Å². The molecule has 0 fully saturated rings. The Hall–Kier alpha value is -1.69. The predicted octanol–water partition coefficient (Wildman–Crippen LogP) is 2.11. The van der Waals surface area contributed by atoms with E-state index in [0.29, 0.717) is 19.0 Å². The van der Waals surface area contributed by atoms with Gasteiger partial charge in [-0.15, -0.1) is 0 Å². The monoisotopic (exact) mass is 263 g/mol. The van der Waals surface area contributed by atoms with Crippen molar-refractivity contribution in [2.24, 2.45) is 0 Å². The summed E-state index contributed by atoms with van der Waals surface area (Å²) >= 11 is 0. The van der Waals surface area contributed by atoms with Crippen LogP contribution in [0, 0.1) is 0 Å². The molecule has 0 aromatic carbocycles. The van der Waals surface area contributed by atoms with Crippen LogP contribution in [0.4, 0.5) is 0 Å². The van der Waals surface area contributed by atoms with Crippen LogP contribution in [-0.4, -0.2) is 32.3 Å². The molecule has 0 aliphatic rings. The Morgan fingerprint density at radius 3 is 2.74 bits per heavy atom. The summed E-state index contributed by atoms with van der Waals surface area (Å²) < 4.78 is 5.32. The Morgan fingerprint density at radius 2 is 2.16 bits per heavy atom. The largest absolute Gasteiger partial charge is 0.360 e. The van der Waals surface area contributed by atoms with Crippen LogP contribution in [0.5, 0.6) is 0 Å². The lowest BCUT2D eigenvalue weighted by molar-refractivity contribution is 0.261. The standard InChI is InChI=1S/C13H21N5O/c1-5-12-14-13(16-15-12)8-18(4)7-10-6-11(9(2)3)17-19-10/h6,9H,5,7-8H2,1-4H3,(H,14,15,16). The maximum Gasteiger partial charge on any atom is 0.150 e. The Labute approximate surface area is 113 Å². The molecule has 104 valence electrons. The van der Waals surface area contributed by atoms with E-state index in [4.69, 9.17) is 4.52 Å². The molecule has 0 atom stereocenters. The minimum atomic E-state index is 0.393. The molecule has 1 N–H and O–H groups in total. The van der Waals surface area contributed by atoms with Gasteiger partial charge < -0.3 is 4.52 Å². The number of nitrogens with zero attached hydrogens (tertiary/aromatic N) is 4. The normalized spacial score (nSPS) is 11.7. The second-order valence-corrected chi connectivity index (χ2v) is 5.10. The fraction of sp³-hybridized carbons (Fsp3) is 0.615. The molecule has 0 amide bonds. The summed E-state index contributed by atoms with van der Waals surface area (Å²) in [4.78, 5) is 6.50. The van der Waals surface area contributed by atoms with E-state index in [1.807, 2.05) is 20.0 Å². The third-order valence-corrected chi connectivity index (χ3v) is 2.91. The minimum absolute atomic E-state index is 0.393. The average Bonchev–Trinajstić information content (AvgIpc) is 2.98. The number of aromatic nitrogens is 4. The zero-order valence-electron chi connectivity index (χ0n) is 12.0. The van der Waals surface area contributed by atoms with Gasteiger partial charge >= 0.3 is 0 Å². The zero-order valence-corrected chi connectivity index (χ0v) is 12.0. The van der Waals surface area contributed by atoms with Crippen LogP contribution in [0.2, 0.25) is 0 Å². The van der Waals surface area contributed by atoms with E-state index in [-0.39, 0.29) is 0 Å². The molecule has 0 bridgehead atoms. The lowest BCUT2D eigenvalue weighted by Gasteiger charge is -2.11. The van der Waals surface area contributed by atoms with E-state index in [0.717, 1.165) is 29.5 Å². The van der Waals surface area contributed by atoms with Gasteiger partial charge in [0, 0.05) is 12.5 Å². The van der Waals surface area contributed by atoms with Crippen molar-refractivity contribution in [3.8, 4) is 0 Å². The third-order valence-electron chi connectivity index (χ3n) is 2.91. The first-order valence-corrected chi connectivity index (χ1v) is 6.62. The molecular formula is C13H21N5O. The smallest absolute Gasteiger partial charge is 0.150 e. The summed E-state index contributed by atoms with van der Waals surface area (Å²) in [6, 6.07) is 2.01. The molecule has 0 aliphatic carbocycles. The number of aromatic amines is 1. The van der Waals surface area contributed by atoms with Gasteiger partial charge in [0.25, 0.3) is 0 Å². The van der Waals surface area contributed by atoms with Gasteiger partial charge in [-0.25, -0.2) is 4.98 Å². The summed E-state index contributed by atoms with van der Waals surface area (Å²) in [5.74, 6) is 3.00. The summed E-state index contributed by atoms with van der Waals surface area (Å²) in [5.41, 5.74) is 0.997. The lowest BCUT2D eigenvalue weighted by Crippen LogP contribution is -2.17. The quantitative estimate of drug-likeness (QED) is 0.864. The number of rotatable bonds is 6. The second-order valence-electron chi connectivity index (χ2n) is 5.10. The highest BCUT2D eigenvalue weighted by molar-refractivity contribution is 5.08. The first-order chi connectivity index (χ1) is 9.08. The van der Waals surface area contributed by atoms with Gasteiger partial charge in [-0.3, -0.25) is 10.00 Å². The number of hydrogen-bond acceptors (Lipinski definition) is 5. The van der Waals surface area contributed by atoms with E-state index in [9.17, 15) is 0 Å². The van der Waals surface area contributed by atoms with E-state index >= 15 is 0 Å². The van der Waals surface area contributed by atoms with Crippen LogP contribution >= 0.6 is 0 Å².